The number of anilines is 1. The van der Waals surface area contributed by atoms with Crippen LogP contribution in [0, 0.1) is 17.0 Å². The van der Waals surface area contributed by atoms with E-state index in [0.717, 1.165) is 6.92 Å². The van der Waals surface area contributed by atoms with Gasteiger partial charge >= 0.3 is 0 Å². The lowest BCUT2D eigenvalue weighted by Crippen LogP contribution is -2.36. The number of hydrogen-bond acceptors (Lipinski definition) is 8. The summed E-state index contributed by atoms with van der Waals surface area (Å²) in [5.41, 5.74) is 0.329. The molecule has 1 atom stereocenters. The summed E-state index contributed by atoms with van der Waals surface area (Å²) in [7, 11) is 2.76. The molecule has 10 nitrogen and oxygen atoms in total. The van der Waals surface area contributed by atoms with Crippen molar-refractivity contribution in [3.63, 3.8) is 0 Å². The normalized spacial score (nSPS) is 11.8. The molecule has 0 fully saturated rings. The molecule has 1 amide bonds. The van der Waals surface area contributed by atoms with E-state index in [0.29, 0.717) is 9.98 Å². The number of rotatable bonds is 8. The van der Waals surface area contributed by atoms with E-state index in [9.17, 15) is 19.7 Å². The van der Waals surface area contributed by atoms with Gasteiger partial charge in [0.2, 0.25) is 6.04 Å². The Morgan fingerprint density at radius 2 is 1.77 bits per heavy atom. The van der Waals surface area contributed by atoms with Crippen LogP contribution in [0.4, 0.5) is 17.1 Å². The fourth-order valence-electron chi connectivity index (χ4n) is 2.53. The van der Waals surface area contributed by atoms with Gasteiger partial charge in [-0.05, 0) is 37.6 Å². The molecule has 1 unspecified atom stereocenters. The van der Waals surface area contributed by atoms with Crippen molar-refractivity contribution in [2.45, 2.75) is 19.9 Å². The number of aryl methyl sites for hydroxylation is 1. The lowest BCUT2D eigenvalue weighted by molar-refractivity contribution is -0.384. The SMILES string of the molecule is COc1cccc(OC)c1N(Cl)C(=O)C(N=Nc1ccc(C)cc1[N+](=O)[O-])C(C)=O. The lowest BCUT2D eigenvalue weighted by Gasteiger charge is -2.21. The monoisotopic (exact) mass is 434 g/mol. The molecule has 0 aliphatic rings. The Labute approximate surface area is 177 Å². The molecule has 0 saturated carbocycles. The number of hydrogen-bond donors (Lipinski definition) is 0. The molecule has 0 aromatic heterocycles. The molecule has 2 aromatic carbocycles. The van der Waals surface area contributed by atoms with E-state index in [4.69, 9.17) is 21.3 Å². The lowest BCUT2D eigenvalue weighted by atomic mass is 10.2. The fourth-order valence-corrected chi connectivity index (χ4v) is 2.79. The van der Waals surface area contributed by atoms with Gasteiger partial charge in [0, 0.05) is 17.8 Å². The maximum absolute atomic E-state index is 12.9. The Kier molecular flexibility index (Phi) is 7.43. The van der Waals surface area contributed by atoms with Gasteiger partial charge in [0.15, 0.2) is 11.5 Å². The largest absolute Gasteiger partial charge is 0.494 e. The number of ketones is 1. The summed E-state index contributed by atoms with van der Waals surface area (Å²) in [5, 5.41) is 18.7. The van der Waals surface area contributed by atoms with Crippen molar-refractivity contribution < 1.29 is 24.0 Å². The van der Waals surface area contributed by atoms with Crippen LogP contribution in [0.5, 0.6) is 11.5 Å². The molecule has 0 aliphatic carbocycles. The number of benzene rings is 2. The van der Waals surface area contributed by atoms with Crippen molar-refractivity contribution >= 4 is 40.5 Å². The second kappa shape index (κ2) is 9.79. The summed E-state index contributed by atoms with van der Waals surface area (Å²) in [5.74, 6) is -1.12. The number of carbonyl (C=O) groups is 2. The van der Waals surface area contributed by atoms with E-state index >= 15 is 0 Å². The predicted molar refractivity (Wildman–Crippen MR) is 110 cm³/mol. The van der Waals surface area contributed by atoms with Crippen molar-refractivity contribution in [2.24, 2.45) is 10.2 Å². The van der Waals surface area contributed by atoms with Gasteiger partial charge in [-0.3, -0.25) is 19.7 Å². The number of nitro benzene ring substituents is 1. The molecule has 2 rings (SSSR count). The van der Waals surface area contributed by atoms with Crippen LogP contribution in [0.15, 0.2) is 46.6 Å². The number of nitro groups is 1. The summed E-state index contributed by atoms with van der Waals surface area (Å²) in [6, 6.07) is 7.40. The molecule has 2 aromatic rings. The zero-order valence-electron chi connectivity index (χ0n) is 16.7. The maximum Gasteiger partial charge on any atom is 0.296 e. The third-order valence-corrected chi connectivity index (χ3v) is 4.35. The second-order valence-corrected chi connectivity index (χ2v) is 6.45. The van der Waals surface area contributed by atoms with Crippen LogP contribution in [0.25, 0.3) is 0 Å². The Balaban J connectivity index is 2.43. The van der Waals surface area contributed by atoms with Gasteiger partial charge in [-0.25, -0.2) is 4.42 Å². The van der Waals surface area contributed by atoms with Crippen LogP contribution >= 0.6 is 11.8 Å². The molecule has 0 bridgehead atoms. The number of Topliss-reactive ketones (excluding diaryl/α,β-unsaturated/α-hetero) is 1. The Hall–Kier alpha value is -3.53. The highest BCUT2D eigenvalue weighted by atomic mass is 35.5. The highest BCUT2D eigenvalue weighted by molar-refractivity contribution is 6.39. The number of nitrogens with zero attached hydrogens (tertiary/aromatic N) is 4. The number of ether oxygens (including phenoxy) is 2. The molecular weight excluding hydrogens is 416 g/mol. The third-order valence-electron chi connectivity index (χ3n) is 4.02. The van der Waals surface area contributed by atoms with Crippen molar-refractivity contribution in [1.82, 2.24) is 0 Å². The molecule has 0 spiro atoms. The van der Waals surface area contributed by atoms with Gasteiger partial charge < -0.3 is 9.47 Å². The smallest absolute Gasteiger partial charge is 0.296 e. The number of azo groups is 1. The van der Waals surface area contributed by atoms with Crippen LogP contribution in [0.3, 0.4) is 0 Å². The Morgan fingerprint density at radius 3 is 2.27 bits per heavy atom. The average molecular weight is 435 g/mol. The fraction of sp³-hybridized carbons (Fsp3) is 0.263. The van der Waals surface area contributed by atoms with Crippen molar-refractivity contribution in [1.29, 1.82) is 0 Å². The van der Waals surface area contributed by atoms with Gasteiger partial charge in [0.25, 0.3) is 11.6 Å². The van der Waals surface area contributed by atoms with Crippen molar-refractivity contribution in [3.8, 4) is 11.5 Å². The predicted octanol–water partition coefficient (Wildman–Crippen LogP) is 4.15. The zero-order chi connectivity index (χ0) is 22.4. The number of halogens is 1. The maximum atomic E-state index is 12.9. The Morgan fingerprint density at radius 1 is 1.17 bits per heavy atom. The number of methoxy groups -OCH3 is 2. The average Bonchev–Trinajstić information content (AvgIpc) is 2.72. The molecule has 0 aliphatic heterocycles. The van der Waals surface area contributed by atoms with Gasteiger partial charge in [0.05, 0.1) is 19.1 Å². The quantitative estimate of drug-likeness (QED) is 0.202. The number of amides is 1. The van der Waals surface area contributed by atoms with E-state index in [2.05, 4.69) is 10.2 Å². The summed E-state index contributed by atoms with van der Waals surface area (Å²) >= 11 is 6.21. The van der Waals surface area contributed by atoms with Crippen molar-refractivity contribution in [3.05, 3.63) is 52.1 Å². The number of para-hydroxylation sites is 1. The minimum Gasteiger partial charge on any atom is -0.494 e. The molecule has 0 heterocycles. The molecular formula is C19H19ClN4O6. The molecule has 30 heavy (non-hydrogen) atoms. The Bertz CT molecular complexity index is 988. The van der Waals surface area contributed by atoms with Crippen LogP contribution < -0.4 is 13.9 Å². The summed E-state index contributed by atoms with van der Waals surface area (Å²) in [6.45, 7) is 2.82. The summed E-state index contributed by atoms with van der Waals surface area (Å²) in [4.78, 5) is 35.6. The summed E-state index contributed by atoms with van der Waals surface area (Å²) < 4.78 is 11.1. The van der Waals surface area contributed by atoms with Crippen LogP contribution in [0.1, 0.15) is 12.5 Å². The first kappa shape index (κ1) is 22.8. The molecule has 11 heteroatoms. The highest BCUT2D eigenvalue weighted by Gasteiger charge is 2.32. The van der Waals surface area contributed by atoms with Gasteiger partial charge in [-0.1, -0.05) is 12.1 Å². The first-order valence-electron chi connectivity index (χ1n) is 8.58. The minimum atomic E-state index is -1.63. The van der Waals surface area contributed by atoms with E-state index < -0.39 is 22.7 Å². The molecule has 0 radical (unpaired) electrons. The van der Waals surface area contributed by atoms with Gasteiger partial charge in [0.1, 0.15) is 17.2 Å². The molecule has 0 N–H and O–H groups in total. The van der Waals surface area contributed by atoms with E-state index in [1.165, 1.54) is 26.4 Å². The topological polar surface area (TPSA) is 124 Å². The molecule has 0 saturated heterocycles. The zero-order valence-corrected chi connectivity index (χ0v) is 17.4. The first-order valence-corrected chi connectivity index (χ1v) is 8.92. The minimum absolute atomic E-state index is 0.0805. The van der Waals surface area contributed by atoms with Crippen LogP contribution in [-0.2, 0) is 9.59 Å². The van der Waals surface area contributed by atoms with Crippen LogP contribution in [0.2, 0.25) is 0 Å². The number of carbonyl (C=O) groups excluding carboxylic acids is 2. The third kappa shape index (κ3) is 4.90. The van der Waals surface area contributed by atoms with E-state index in [1.807, 2.05) is 0 Å². The molecule has 158 valence electrons. The van der Waals surface area contributed by atoms with Gasteiger partial charge in [-0.15, -0.1) is 5.11 Å². The highest BCUT2D eigenvalue weighted by Crippen LogP contribution is 2.39. The van der Waals surface area contributed by atoms with Crippen molar-refractivity contribution in [2.75, 3.05) is 18.6 Å². The first-order chi connectivity index (χ1) is 14.2. The standard InChI is InChI=1S/C19H19ClN4O6/c1-11-8-9-13(14(10-11)24(27)28)21-22-17(12(2)25)19(26)23(20)18-15(29-3)6-5-7-16(18)30-4/h5-10,17H,1-4H3. The second-order valence-electron chi connectivity index (χ2n) is 6.11. The van der Waals surface area contributed by atoms with E-state index in [1.54, 1.807) is 31.2 Å². The van der Waals surface area contributed by atoms with E-state index in [-0.39, 0.29) is 28.6 Å². The van der Waals surface area contributed by atoms with Crippen LogP contribution in [-0.4, -0.2) is 36.9 Å². The van der Waals surface area contributed by atoms with Gasteiger partial charge in [-0.2, -0.15) is 5.11 Å². The summed E-state index contributed by atoms with van der Waals surface area (Å²) in [6.07, 6.45) is 0.